The highest BCUT2D eigenvalue weighted by Crippen LogP contribution is 2.46. The van der Waals surface area contributed by atoms with Crippen LogP contribution in [-0.2, 0) is 4.79 Å². The molecule has 17 heavy (non-hydrogen) atoms. The van der Waals surface area contributed by atoms with Crippen LogP contribution < -0.4 is 4.90 Å². The van der Waals surface area contributed by atoms with Crippen molar-refractivity contribution in [3.63, 3.8) is 0 Å². The quantitative estimate of drug-likeness (QED) is 0.853. The molecule has 1 aliphatic heterocycles. The third-order valence-electron chi connectivity index (χ3n) is 3.94. The van der Waals surface area contributed by atoms with Crippen molar-refractivity contribution in [3.8, 4) is 0 Å². The van der Waals surface area contributed by atoms with E-state index in [2.05, 4.69) is 24.0 Å². The molecule has 2 rings (SSSR count). The number of carboxylic acid groups (broad SMARTS) is 1. The standard InChI is InChI=1S/C14H19NO2/c1-9-6-5-7-11-12(9)10(8-15(11)4)14(2,3)13(16)17/h5-7,10H,8H2,1-4H3,(H,16,17). The summed E-state index contributed by atoms with van der Waals surface area (Å²) in [6, 6.07) is 6.16. The zero-order chi connectivity index (χ0) is 12.8. The first kappa shape index (κ1) is 12.0. The number of aliphatic carboxylic acids is 1. The summed E-state index contributed by atoms with van der Waals surface area (Å²) in [6.45, 7) is 6.47. The molecule has 3 heteroatoms. The van der Waals surface area contributed by atoms with Gasteiger partial charge in [-0.25, -0.2) is 0 Å². The van der Waals surface area contributed by atoms with Crippen LogP contribution in [0.3, 0.4) is 0 Å². The molecular formula is C14H19NO2. The van der Waals surface area contributed by atoms with Gasteiger partial charge >= 0.3 is 5.97 Å². The Kier molecular flexibility index (Phi) is 2.64. The van der Waals surface area contributed by atoms with E-state index in [0.29, 0.717) is 0 Å². The number of hydrogen-bond donors (Lipinski definition) is 1. The van der Waals surface area contributed by atoms with Crippen molar-refractivity contribution >= 4 is 11.7 Å². The van der Waals surface area contributed by atoms with Crippen molar-refractivity contribution in [2.45, 2.75) is 26.7 Å². The minimum absolute atomic E-state index is 0.0567. The summed E-state index contributed by atoms with van der Waals surface area (Å²) in [5.41, 5.74) is 2.82. The molecular weight excluding hydrogens is 214 g/mol. The van der Waals surface area contributed by atoms with E-state index in [1.54, 1.807) is 0 Å². The van der Waals surface area contributed by atoms with Crippen molar-refractivity contribution in [1.29, 1.82) is 0 Å². The van der Waals surface area contributed by atoms with Crippen molar-refractivity contribution in [3.05, 3.63) is 29.3 Å². The first-order chi connectivity index (χ1) is 7.85. The predicted molar refractivity (Wildman–Crippen MR) is 68.6 cm³/mol. The molecule has 3 nitrogen and oxygen atoms in total. The van der Waals surface area contributed by atoms with Crippen molar-refractivity contribution in [2.24, 2.45) is 5.41 Å². The summed E-state index contributed by atoms with van der Waals surface area (Å²) < 4.78 is 0. The fourth-order valence-corrected chi connectivity index (χ4v) is 2.65. The Morgan fingerprint density at radius 2 is 2.12 bits per heavy atom. The largest absolute Gasteiger partial charge is 0.481 e. The number of rotatable bonds is 2. The monoisotopic (exact) mass is 233 g/mol. The van der Waals surface area contributed by atoms with Gasteiger partial charge in [0.25, 0.3) is 0 Å². The molecule has 1 aromatic carbocycles. The molecule has 92 valence electrons. The van der Waals surface area contributed by atoms with E-state index >= 15 is 0 Å². The third-order valence-corrected chi connectivity index (χ3v) is 3.94. The number of hydrogen-bond acceptors (Lipinski definition) is 2. The van der Waals surface area contributed by atoms with Gasteiger partial charge in [-0.1, -0.05) is 12.1 Å². The van der Waals surface area contributed by atoms with Crippen LogP contribution in [0.15, 0.2) is 18.2 Å². The first-order valence-corrected chi connectivity index (χ1v) is 5.89. The molecule has 1 N–H and O–H groups in total. The Bertz CT molecular complexity index is 465. The van der Waals surface area contributed by atoms with Gasteiger partial charge in [-0.15, -0.1) is 0 Å². The second-order valence-electron chi connectivity index (χ2n) is 5.47. The fourth-order valence-electron chi connectivity index (χ4n) is 2.65. The van der Waals surface area contributed by atoms with Crippen LogP contribution in [0.2, 0.25) is 0 Å². The third kappa shape index (κ3) is 1.70. The van der Waals surface area contributed by atoms with E-state index in [1.807, 2.05) is 27.0 Å². The van der Waals surface area contributed by atoms with Crippen molar-refractivity contribution in [1.82, 2.24) is 0 Å². The Labute approximate surface area is 102 Å². The lowest BCUT2D eigenvalue weighted by Gasteiger charge is -2.28. The van der Waals surface area contributed by atoms with Gasteiger partial charge in [0.1, 0.15) is 0 Å². The van der Waals surface area contributed by atoms with E-state index < -0.39 is 11.4 Å². The molecule has 0 radical (unpaired) electrons. The SMILES string of the molecule is Cc1cccc2c1C(C(C)(C)C(=O)O)CN2C. The number of anilines is 1. The van der Waals surface area contributed by atoms with Gasteiger partial charge in [0, 0.05) is 25.2 Å². The molecule has 1 heterocycles. The van der Waals surface area contributed by atoms with Crippen LogP contribution in [0.25, 0.3) is 0 Å². The molecule has 0 saturated carbocycles. The number of aryl methyl sites for hydroxylation is 1. The summed E-state index contributed by atoms with van der Waals surface area (Å²) in [6.07, 6.45) is 0. The molecule has 0 amide bonds. The first-order valence-electron chi connectivity index (χ1n) is 5.89. The molecule has 0 spiro atoms. The van der Waals surface area contributed by atoms with Gasteiger partial charge < -0.3 is 10.0 Å². The molecule has 1 atom stereocenters. The van der Waals surface area contributed by atoms with Gasteiger partial charge in [0.15, 0.2) is 0 Å². The minimum Gasteiger partial charge on any atom is -0.481 e. The molecule has 1 aromatic rings. The van der Waals surface area contributed by atoms with Gasteiger partial charge in [-0.3, -0.25) is 4.79 Å². The van der Waals surface area contributed by atoms with E-state index in [-0.39, 0.29) is 5.92 Å². The van der Waals surface area contributed by atoms with Gasteiger partial charge in [-0.05, 0) is 38.0 Å². The second-order valence-corrected chi connectivity index (χ2v) is 5.47. The van der Waals surface area contributed by atoms with E-state index in [1.165, 1.54) is 16.8 Å². The number of nitrogens with zero attached hydrogens (tertiary/aromatic N) is 1. The average Bonchev–Trinajstić information content (AvgIpc) is 2.58. The highest BCUT2D eigenvalue weighted by Gasteiger charge is 2.43. The summed E-state index contributed by atoms with van der Waals surface area (Å²) in [4.78, 5) is 13.6. The topological polar surface area (TPSA) is 40.5 Å². The molecule has 0 aliphatic carbocycles. The zero-order valence-electron chi connectivity index (χ0n) is 10.8. The Morgan fingerprint density at radius 1 is 1.47 bits per heavy atom. The zero-order valence-corrected chi connectivity index (χ0v) is 10.8. The number of carbonyl (C=O) groups is 1. The lowest BCUT2D eigenvalue weighted by Crippen LogP contribution is -2.34. The summed E-state index contributed by atoms with van der Waals surface area (Å²) >= 11 is 0. The normalized spacial score (nSPS) is 19.3. The van der Waals surface area contributed by atoms with Crippen LogP contribution in [-0.4, -0.2) is 24.7 Å². The summed E-state index contributed by atoms with van der Waals surface area (Å²) in [5.74, 6) is -0.673. The lowest BCUT2D eigenvalue weighted by atomic mass is 9.75. The van der Waals surface area contributed by atoms with Crippen LogP contribution >= 0.6 is 0 Å². The maximum absolute atomic E-state index is 11.4. The van der Waals surface area contributed by atoms with Gasteiger partial charge in [-0.2, -0.15) is 0 Å². The van der Waals surface area contributed by atoms with Crippen LogP contribution in [0.4, 0.5) is 5.69 Å². The number of carboxylic acids is 1. The lowest BCUT2D eigenvalue weighted by molar-refractivity contribution is -0.148. The van der Waals surface area contributed by atoms with Gasteiger partial charge in [0.2, 0.25) is 0 Å². The van der Waals surface area contributed by atoms with Crippen molar-refractivity contribution in [2.75, 3.05) is 18.5 Å². The maximum Gasteiger partial charge on any atom is 0.309 e. The highest BCUT2D eigenvalue weighted by molar-refractivity contribution is 5.77. The Hall–Kier alpha value is -1.51. The molecule has 0 saturated heterocycles. The van der Waals surface area contributed by atoms with E-state index in [9.17, 15) is 9.90 Å². The fraction of sp³-hybridized carbons (Fsp3) is 0.500. The van der Waals surface area contributed by atoms with Gasteiger partial charge in [0.05, 0.1) is 5.41 Å². The van der Waals surface area contributed by atoms with Crippen LogP contribution in [0, 0.1) is 12.3 Å². The predicted octanol–water partition coefficient (Wildman–Crippen LogP) is 2.64. The average molecular weight is 233 g/mol. The molecule has 1 aliphatic rings. The molecule has 0 bridgehead atoms. The van der Waals surface area contributed by atoms with Crippen molar-refractivity contribution < 1.29 is 9.90 Å². The summed E-state index contributed by atoms with van der Waals surface area (Å²) in [5, 5.41) is 9.39. The Morgan fingerprint density at radius 3 is 2.71 bits per heavy atom. The molecule has 0 aromatic heterocycles. The van der Waals surface area contributed by atoms with Crippen LogP contribution in [0.5, 0.6) is 0 Å². The molecule has 0 fully saturated rings. The highest BCUT2D eigenvalue weighted by atomic mass is 16.4. The minimum atomic E-state index is -0.731. The van der Waals surface area contributed by atoms with E-state index in [0.717, 1.165) is 6.54 Å². The smallest absolute Gasteiger partial charge is 0.309 e. The number of fused-ring (bicyclic) bond motifs is 1. The Balaban J connectivity index is 2.54. The maximum atomic E-state index is 11.4. The van der Waals surface area contributed by atoms with E-state index in [4.69, 9.17) is 0 Å². The summed E-state index contributed by atoms with van der Waals surface area (Å²) in [7, 11) is 2.02. The second kappa shape index (κ2) is 3.76. The van der Waals surface area contributed by atoms with Crippen LogP contribution in [0.1, 0.15) is 30.9 Å². The molecule has 1 unspecified atom stereocenters. The number of benzene rings is 1. The number of likely N-dealkylation sites (N-methyl/N-ethyl adjacent to an activating group) is 1.